The summed E-state index contributed by atoms with van der Waals surface area (Å²) in [5.74, 6) is 0.401. The standard InChI is InChI=1S/C47H61ClN2O8/c1-6-23-50(45(53)54-27-22-48)42-31-40(49-58-46(3,4)5)38-29-34(16-10-12-24-51)37(17-11-13-25-52)43-39-30-36(56-35-19-18-32-14-8-9-15-33(32)28-35)20-21-41(39)57-47(42,44(38)43)55-26-7-2/h7-9,14-15,18-21,28-30,34,37,42-44,51-52H,2,6,10-13,16-17,22-27,31H2,1,3-5H3/t34-,37+,42-,43+,44+,47+/m0/s1. The first-order valence-electron chi connectivity index (χ1n) is 21.0. The van der Waals surface area contributed by atoms with Crippen molar-refractivity contribution in [3.63, 3.8) is 0 Å². The molecule has 2 aliphatic carbocycles. The smallest absolute Gasteiger partial charge is 0.410 e. The molecule has 1 amide bonds. The number of unbranched alkanes of at least 4 members (excludes halogenated alkanes) is 2. The van der Waals surface area contributed by atoms with Crippen molar-refractivity contribution < 1.29 is 38.8 Å². The summed E-state index contributed by atoms with van der Waals surface area (Å²) in [4.78, 5) is 22.0. The molecule has 10 nitrogen and oxygen atoms in total. The predicted molar refractivity (Wildman–Crippen MR) is 229 cm³/mol. The van der Waals surface area contributed by atoms with Gasteiger partial charge in [-0.25, -0.2) is 4.79 Å². The highest BCUT2D eigenvalue weighted by Gasteiger charge is 2.65. The van der Waals surface area contributed by atoms with Gasteiger partial charge in [-0.2, -0.15) is 0 Å². The van der Waals surface area contributed by atoms with Crippen LogP contribution in [0.4, 0.5) is 4.79 Å². The van der Waals surface area contributed by atoms with Gasteiger partial charge in [0.25, 0.3) is 0 Å². The summed E-state index contributed by atoms with van der Waals surface area (Å²) in [7, 11) is 0. The van der Waals surface area contributed by atoms with Crippen molar-refractivity contribution in [1.29, 1.82) is 0 Å². The van der Waals surface area contributed by atoms with E-state index in [4.69, 9.17) is 40.5 Å². The lowest BCUT2D eigenvalue weighted by Crippen LogP contribution is -2.70. The van der Waals surface area contributed by atoms with Crippen LogP contribution < -0.4 is 9.47 Å². The van der Waals surface area contributed by atoms with E-state index < -0.39 is 29.4 Å². The minimum absolute atomic E-state index is 0.0608. The van der Waals surface area contributed by atoms with Gasteiger partial charge >= 0.3 is 6.09 Å². The molecule has 1 heterocycles. The van der Waals surface area contributed by atoms with E-state index in [1.54, 1.807) is 11.0 Å². The zero-order valence-electron chi connectivity index (χ0n) is 34.5. The molecule has 0 spiro atoms. The van der Waals surface area contributed by atoms with Crippen LogP contribution in [0.1, 0.15) is 90.5 Å². The molecule has 6 atom stereocenters. The summed E-state index contributed by atoms with van der Waals surface area (Å²) >= 11 is 6.03. The average Bonchev–Trinajstić information content (AvgIpc) is 3.21. The second kappa shape index (κ2) is 19.8. The number of ether oxygens (including phenoxy) is 4. The van der Waals surface area contributed by atoms with Gasteiger partial charge in [-0.1, -0.05) is 67.4 Å². The number of amides is 1. The number of benzene rings is 3. The fourth-order valence-electron chi connectivity index (χ4n) is 9.09. The summed E-state index contributed by atoms with van der Waals surface area (Å²) in [6.45, 7) is 12.8. The van der Waals surface area contributed by atoms with Gasteiger partial charge in [-0.15, -0.1) is 18.2 Å². The minimum atomic E-state index is -1.38. The van der Waals surface area contributed by atoms with Crippen LogP contribution in [-0.4, -0.2) is 83.2 Å². The normalized spacial score (nSPS) is 24.3. The van der Waals surface area contributed by atoms with E-state index in [1.165, 1.54) is 0 Å². The third-order valence-corrected chi connectivity index (χ3v) is 11.6. The Morgan fingerprint density at radius 3 is 2.45 bits per heavy atom. The number of carbonyl (C=O) groups is 1. The van der Waals surface area contributed by atoms with Crippen molar-refractivity contribution in [1.82, 2.24) is 4.90 Å². The molecule has 0 aromatic heterocycles. The highest BCUT2D eigenvalue weighted by Crippen LogP contribution is 2.62. The molecule has 3 aromatic rings. The van der Waals surface area contributed by atoms with Crippen LogP contribution in [0.5, 0.6) is 17.2 Å². The summed E-state index contributed by atoms with van der Waals surface area (Å²) < 4.78 is 26.7. The topological polar surface area (TPSA) is 119 Å². The van der Waals surface area contributed by atoms with Crippen LogP contribution >= 0.6 is 11.6 Å². The Labute approximate surface area is 348 Å². The first-order chi connectivity index (χ1) is 28.1. The minimum Gasteiger partial charge on any atom is -0.459 e. The fourth-order valence-corrected chi connectivity index (χ4v) is 9.17. The maximum Gasteiger partial charge on any atom is 0.410 e. The zero-order valence-corrected chi connectivity index (χ0v) is 35.3. The average molecular weight is 817 g/mol. The van der Waals surface area contributed by atoms with Crippen LogP contribution in [0.15, 0.2) is 90.1 Å². The Morgan fingerprint density at radius 1 is 1.02 bits per heavy atom. The SMILES string of the molecule is C=CCO[C@@]12Oc3ccc(Oc4ccc5ccccc5c4)cc3[C@H]3[C@H](CCCCO)[C@@H](CCCCO)C=C(C(=NOC(C)(C)C)C[C@@H]1N(CCC)C(=O)OCCCl)[C@H]32. The van der Waals surface area contributed by atoms with Gasteiger partial charge < -0.3 is 34.0 Å². The predicted octanol–water partition coefficient (Wildman–Crippen LogP) is 10.2. The van der Waals surface area contributed by atoms with Gasteiger partial charge in [-0.05, 0) is 111 Å². The lowest BCUT2D eigenvalue weighted by atomic mass is 9.55. The van der Waals surface area contributed by atoms with Gasteiger partial charge in [0.1, 0.15) is 35.5 Å². The Kier molecular flexibility index (Phi) is 14.8. The Hall–Kier alpha value is -4.09. The first kappa shape index (κ1) is 43.5. The first-order valence-corrected chi connectivity index (χ1v) is 21.5. The molecule has 11 heteroatoms. The molecular weight excluding hydrogens is 756 g/mol. The van der Waals surface area contributed by atoms with E-state index in [0.29, 0.717) is 37.3 Å². The molecule has 0 bridgehead atoms. The molecule has 2 N–H and O–H groups in total. The summed E-state index contributed by atoms with van der Waals surface area (Å²) in [5, 5.41) is 26.9. The van der Waals surface area contributed by atoms with Crippen molar-refractivity contribution in [3.8, 4) is 17.2 Å². The molecule has 0 radical (unpaired) electrons. The van der Waals surface area contributed by atoms with E-state index in [1.807, 2.05) is 64.1 Å². The van der Waals surface area contributed by atoms with Gasteiger partial charge in [0.15, 0.2) is 0 Å². The highest BCUT2D eigenvalue weighted by atomic mass is 35.5. The number of halogens is 1. The number of nitrogens with zero attached hydrogens (tertiary/aromatic N) is 2. The Morgan fingerprint density at radius 2 is 1.74 bits per heavy atom. The molecule has 1 saturated carbocycles. The van der Waals surface area contributed by atoms with E-state index in [-0.39, 0.29) is 56.5 Å². The maximum atomic E-state index is 14.1. The van der Waals surface area contributed by atoms with Crippen molar-refractivity contribution >= 4 is 34.2 Å². The fraction of sp³-hybridized carbons (Fsp3) is 0.532. The molecule has 0 saturated heterocycles. The Balaban J connectivity index is 1.58. The van der Waals surface area contributed by atoms with E-state index >= 15 is 0 Å². The molecule has 3 aromatic carbocycles. The quantitative estimate of drug-likeness (QED) is 0.0531. The molecule has 314 valence electrons. The van der Waals surface area contributed by atoms with E-state index in [0.717, 1.165) is 59.1 Å². The molecule has 0 unspecified atom stereocenters. The van der Waals surface area contributed by atoms with Crippen LogP contribution in [-0.2, 0) is 14.3 Å². The van der Waals surface area contributed by atoms with Gasteiger partial charge in [0.2, 0.25) is 5.79 Å². The van der Waals surface area contributed by atoms with Gasteiger partial charge in [0, 0.05) is 37.7 Å². The largest absolute Gasteiger partial charge is 0.459 e. The number of carbonyl (C=O) groups excluding carboxylic acids is 1. The molecule has 1 fully saturated rings. The van der Waals surface area contributed by atoms with E-state index in [9.17, 15) is 15.0 Å². The molecule has 6 rings (SSSR count). The number of oxime groups is 1. The summed E-state index contributed by atoms with van der Waals surface area (Å²) in [6, 6.07) is 19.6. The number of aliphatic hydroxyl groups is 2. The number of fused-ring (bicyclic) bond motifs is 3. The van der Waals surface area contributed by atoms with Crippen LogP contribution in [0, 0.1) is 17.8 Å². The second-order valence-corrected chi connectivity index (χ2v) is 17.0. The maximum absolute atomic E-state index is 14.1. The van der Waals surface area contributed by atoms with Crippen LogP contribution in [0.25, 0.3) is 10.8 Å². The van der Waals surface area contributed by atoms with Crippen molar-refractivity contribution in [2.24, 2.45) is 22.9 Å². The zero-order chi connectivity index (χ0) is 41.3. The van der Waals surface area contributed by atoms with Crippen LogP contribution in [0.3, 0.4) is 0 Å². The van der Waals surface area contributed by atoms with Gasteiger partial charge in [0.05, 0.1) is 24.1 Å². The van der Waals surface area contributed by atoms with Crippen molar-refractivity contribution in [2.45, 2.75) is 102 Å². The monoisotopic (exact) mass is 816 g/mol. The number of alkyl halides is 1. The number of rotatable bonds is 19. The number of hydrogen-bond donors (Lipinski definition) is 2. The van der Waals surface area contributed by atoms with Crippen molar-refractivity contribution in [3.05, 3.63) is 90.5 Å². The highest BCUT2D eigenvalue weighted by molar-refractivity contribution is 6.18. The van der Waals surface area contributed by atoms with E-state index in [2.05, 4.69) is 36.9 Å². The van der Waals surface area contributed by atoms with Crippen molar-refractivity contribution in [2.75, 3.05) is 38.9 Å². The lowest BCUT2D eigenvalue weighted by molar-refractivity contribution is -0.255. The summed E-state index contributed by atoms with van der Waals surface area (Å²) in [5.41, 5.74) is 2.11. The second-order valence-electron chi connectivity index (χ2n) is 16.6. The van der Waals surface area contributed by atoms with Gasteiger partial charge in [-0.3, -0.25) is 4.90 Å². The molecule has 1 aliphatic heterocycles. The number of aliphatic hydroxyl groups excluding tert-OH is 2. The molecule has 3 aliphatic rings. The molecule has 58 heavy (non-hydrogen) atoms. The Bertz CT molecular complexity index is 1930. The van der Waals surface area contributed by atoms with Crippen LogP contribution in [0.2, 0.25) is 0 Å². The number of hydrogen-bond acceptors (Lipinski definition) is 9. The number of allylic oxidation sites excluding steroid dienone is 1. The third-order valence-electron chi connectivity index (χ3n) is 11.4. The molecular formula is C47H61ClN2O8. The third kappa shape index (κ3) is 9.68. The summed E-state index contributed by atoms with van der Waals surface area (Å²) in [6.07, 6.45) is 9.21. The lowest BCUT2D eigenvalue weighted by Gasteiger charge is -2.60.